The number of nitro benzene ring substituents is 1. The van der Waals surface area contributed by atoms with Crippen LogP contribution in [0.4, 0.5) is 10.1 Å². The summed E-state index contributed by atoms with van der Waals surface area (Å²) in [5.41, 5.74) is -0.247. The molecule has 0 aliphatic heterocycles. The van der Waals surface area contributed by atoms with Gasteiger partial charge >= 0.3 is 0 Å². The van der Waals surface area contributed by atoms with Crippen LogP contribution in [0.5, 0.6) is 0 Å². The summed E-state index contributed by atoms with van der Waals surface area (Å²) >= 11 is 6.55. The Bertz CT molecular complexity index is 525. The van der Waals surface area contributed by atoms with Gasteiger partial charge in [0.25, 0.3) is 5.69 Å². The highest BCUT2D eigenvalue weighted by Crippen LogP contribution is 2.38. The number of non-ortho nitro benzene ring substituents is 1. The highest BCUT2D eigenvalue weighted by molar-refractivity contribution is 7.22. The number of rotatable bonds is 1. The van der Waals surface area contributed by atoms with Gasteiger partial charge in [0.05, 0.1) is 4.92 Å². The summed E-state index contributed by atoms with van der Waals surface area (Å²) in [7, 11) is 0. The minimum atomic E-state index is -0.709. The topological polar surface area (TPSA) is 43.1 Å². The third-order valence-electron chi connectivity index (χ3n) is 1.79. The molecule has 0 saturated heterocycles. The number of hydrogen-bond acceptors (Lipinski definition) is 3. The van der Waals surface area contributed by atoms with E-state index in [-0.39, 0.29) is 15.4 Å². The van der Waals surface area contributed by atoms with Gasteiger partial charge in [-0.3, -0.25) is 10.1 Å². The third-order valence-corrected chi connectivity index (χ3v) is 3.11. The molecule has 0 saturated carbocycles. The van der Waals surface area contributed by atoms with E-state index >= 15 is 0 Å². The normalized spacial score (nSPS) is 10.7. The number of thiophene rings is 1. The average molecular weight is 232 g/mol. The van der Waals surface area contributed by atoms with E-state index in [1.807, 2.05) is 0 Å². The van der Waals surface area contributed by atoms with Gasteiger partial charge in [-0.2, -0.15) is 0 Å². The molecule has 72 valence electrons. The molecule has 0 unspecified atom stereocenters. The minimum absolute atomic E-state index is 0.00694. The minimum Gasteiger partial charge on any atom is -0.258 e. The Hall–Kier alpha value is -1.20. The van der Waals surface area contributed by atoms with Gasteiger partial charge < -0.3 is 0 Å². The van der Waals surface area contributed by atoms with Crippen LogP contribution in [-0.4, -0.2) is 4.92 Å². The molecule has 0 bridgehead atoms. The van der Waals surface area contributed by atoms with Crippen LogP contribution in [0.25, 0.3) is 10.1 Å². The predicted octanol–water partition coefficient (Wildman–Crippen LogP) is 3.60. The van der Waals surface area contributed by atoms with E-state index in [2.05, 4.69) is 0 Å². The molecule has 1 heterocycles. The average Bonchev–Trinajstić information content (AvgIpc) is 2.43. The highest BCUT2D eigenvalue weighted by Gasteiger charge is 2.19. The van der Waals surface area contributed by atoms with Crippen molar-refractivity contribution >= 4 is 38.7 Å². The molecule has 0 amide bonds. The van der Waals surface area contributed by atoms with E-state index in [0.717, 1.165) is 11.3 Å². The lowest BCUT2D eigenvalue weighted by Crippen LogP contribution is -1.88. The van der Waals surface area contributed by atoms with Crippen molar-refractivity contribution in [2.75, 3.05) is 0 Å². The summed E-state index contributed by atoms with van der Waals surface area (Å²) in [6.07, 6.45) is 0. The van der Waals surface area contributed by atoms with Crippen molar-refractivity contribution in [1.82, 2.24) is 0 Å². The van der Waals surface area contributed by atoms with Gasteiger partial charge in [-0.1, -0.05) is 17.7 Å². The molecule has 0 spiro atoms. The first-order valence-electron chi connectivity index (χ1n) is 3.62. The standard InChI is InChI=1S/C8H3ClFNO2S/c9-8-7(10)6-4(11(12)13)2-1-3-5(6)14-8/h1-3H. The molecule has 0 atom stereocenters. The molecule has 2 aromatic rings. The first-order chi connectivity index (χ1) is 6.61. The van der Waals surface area contributed by atoms with Gasteiger partial charge in [0.2, 0.25) is 0 Å². The largest absolute Gasteiger partial charge is 0.281 e. The second kappa shape index (κ2) is 3.18. The Morgan fingerprint density at radius 3 is 2.86 bits per heavy atom. The van der Waals surface area contributed by atoms with Crippen LogP contribution >= 0.6 is 22.9 Å². The molecule has 6 heteroatoms. The molecule has 1 aromatic heterocycles. The number of benzene rings is 1. The van der Waals surface area contributed by atoms with Crippen molar-refractivity contribution in [2.45, 2.75) is 0 Å². The van der Waals surface area contributed by atoms with Crippen LogP contribution in [0.3, 0.4) is 0 Å². The lowest BCUT2D eigenvalue weighted by molar-refractivity contribution is -0.383. The van der Waals surface area contributed by atoms with Crippen LogP contribution in [0.15, 0.2) is 18.2 Å². The van der Waals surface area contributed by atoms with Gasteiger partial charge in [0, 0.05) is 10.8 Å². The van der Waals surface area contributed by atoms with E-state index in [1.165, 1.54) is 12.1 Å². The SMILES string of the molecule is O=[N+]([O-])c1cccc2sc(Cl)c(F)c12. The lowest BCUT2D eigenvalue weighted by atomic mass is 10.2. The fraction of sp³-hybridized carbons (Fsp3) is 0. The predicted molar refractivity (Wildman–Crippen MR) is 53.4 cm³/mol. The first kappa shape index (κ1) is 9.36. The van der Waals surface area contributed by atoms with Gasteiger partial charge in [0.15, 0.2) is 5.82 Å². The number of halogens is 2. The maximum atomic E-state index is 13.4. The maximum Gasteiger partial charge on any atom is 0.281 e. The molecule has 0 fully saturated rings. The quantitative estimate of drug-likeness (QED) is 0.556. The summed E-state index contributed by atoms with van der Waals surface area (Å²) in [6.45, 7) is 0. The zero-order chi connectivity index (χ0) is 10.3. The number of nitro groups is 1. The van der Waals surface area contributed by atoms with Crippen molar-refractivity contribution in [1.29, 1.82) is 0 Å². The molecule has 0 radical (unpaired) electrons. The van der Waals surface area contributed by atoms with Gasteiger partial charge in [-0.25, -0.2) is 4.39 Å². The summed E-state index contributed by atoms with van der Waals surface area (Å²) < 4.78 is 13.8. The molecular formula is C8H3ClFNO2S. The molecule has 2 rings (SSSR count). The van der Waals surface area contributed by atoms with Crippen LogP contribution in [0.2, 0.25) is 4.34 Å². The molecular weight excluding hydrogens is 229 g/mol. The Labute approximate surface area is 86.9 Å². The molecule has 3 nitrogen and oxygen atoms in total. The zero-order valence-corrected chi connectivity index (χ0v) is 8.23. The third kappa shape index (κ3) is 1.25. The number of fused-ring (bicyclic) bond motifs is 1. The maximum absolute atomic E-state index is 13.4. The summed E-state index contributed by atoms with van der Waals surface area (Å²) in [5, 5.41) is 10.6. The van der Waals surface area contributed by atoms with Crippen LogP contribution < -0.4 is 0 Å². The van der Waals surface area contributed by atoms with E-state index in [0.29, 0.717) is 4.70 Å². The highest BCUT2D eigenvalue weighted by atomic mass is 35.5. The van der Waals surface area contributed by atoms with Crippen molar-refractivity contribution in [2.24, 2.45) is 0 Å². The lowest BCUT2D eigenvalue weighted by Gasteiger charge is -1.92. The Morgan fingerprint density at radius 2 is 2.21 bits per heavy atom. The summed E-state index contributed by atoms with van der Waals surface area (Å²) in [4.78, 5) is 9.96. The second-order valence-corrected chi connectivity index (χ2v) is 4.25. The van der Waals surface area contributed by atoms with Crippen molar-refractivity contribution in [3.05, 3.63) is 38.5 Å². The molecule has 0 aliphatic rings. The van der Waals surface area contributed by atoms with E-state index in [1.54, 1.807) is 6.07 Å². The second-order valence-electron chi connectivity index (χ2n) is 2.60. The van der Waals surface area contributed by atoms with E-state index < -0.39 is 10.7 Å². The van der Waals surface area contributed by atoms with E-state index in [9.17, 15) is 14.5 Å². The van der Waals surface area contributed by atoms with Gasteiger partial charge in [0.1, 0.15) is 9.72 Å². The fourth-order valence-electron chi connectivity index (χ4n) is 1.22. The van der Waals surface area contributed by atoms with Gasteiger partial charge in [-0.05, 0) is 6.07 Å². The molecule has 0 aliphatic carbocycles. The first-order valence-corrected chi connectivity index (χ1v) is 4.81. The Morgan fingerprint density at radius 1 is 1.50 bits per heavy atom. The number of nitrogens with zero attached hydrogens (tertiary/aromatic N) is 1. The zero-order valence-electron chi connectivity index (χ0n) is 6.66. The van der Waals surface area contributed by atoms with Crippen molar-refractivity contribution < 1.29 is 9.31 Å². The summed E-state index contributed by atoms with van der Waals surface area (Å²) in [6, 6.07) is 4.36. The Balaban J connectivity index is 2.91. The van der Waals surface area contributed by atoms with Gasteiger partial charge in [-0.15, -0.1) is 11.3 Å². The van der Waals surface area contributed by atoms with Crippen molar-refractivity contribution in [3.63, 3.8) is 0 Å². The van der Waals surface area contributed by atoms with E-state index in [4.69, 9.17) is 11.6 Å². The molecule has 14 heavy (non-hydrogen) atoms. The van der Waals surface area contributed by atoms with Crippen LogP contribution in [0.1, 0.15) is 0 Å². The smallest absolute Gasteiger partial charge is 0.258 e. The van der Waals surface area contributed by atoms with Crippen LogP contribution in [0, 0.1) is 15.9 Å². The molecule has 0 N–H and O–H groups in total. The van der Waals surface area contributed by atoms with Crippen LogP contribution in [-0.2, 0) is 0 Å². The Kier molecular flexibility index (Phi) is 2.13. The monoisotopic (exact) mass is 231 g/mol. The van der Waals surface area contributed by atoms with Crippen molar-refractivity contribution in [3.8, 4) is 0 Å². The molecule has 1 aromatic carbocycles. The summed E-state index contributed by atoms with van der Waals surface area (Å²) in [5.74, 6) is -0.709. The number of hydrogen-bond donors (Lipinski definition) is 0. The fourth-order valence-corrected chi connectivity index (χ4v) is 2.39.